The molecular formula is C15H23N3S2. The van der Waals surface area contributed by atoms with Crippen LogP contribution in [0.2, 0.25) is 0 Å². The topological polar surface area (TPSA) is 37.8 Å². The van der Waals surface area contributed by atoms with E-state index in [0.717, 1.165) is 42.8 Å². The first-order valence-electron chi connectivity index (χ1n) is 7.55. The van der Waals surface area contributed by atoms with E-state index < -0.39 is 0 Å². The maximum absolute atomic E-state index is 4.92. The van der Waals surface area contributed by atoms with Crippen LogP contribution < -0.4 is 5.32 Å². The zero-order chi connectivity index (χ0) is 14.1. The molecule has 0 aliphatic carbocycles. The number of nitrogens with zero attached hydrogens (tertiary/aromatic N) is 2. The van der Waals surface area contributed by atoms with E-state index in [1.54, 1.807) is 0 Å². The number of hydrogen-bond acceptors (Lipinski definition) is 5. The zero-order valence-corrected chi connectivity index (χ0v) is 14.1. The van der Waals surface area contributed by atoms with Crippen LogP contribution in [-0.2, 0) is 19.4 Å². The summed E-state index contributed by atoms with van der Waals surface area (Å²) in [6, 6.07) is 0. The van der Waals surface area contributed by atoms with Gasteiger partial charge in [0.05, 0.1) is 10.9 Å². The molecule has 1 fully saturated rings. The minimum atomic E-state index is 0.469. The quantitative estimate of drug-likeness (QED) is 0.909. The van der Waals surface area contributed by atoms with Crippen molar-refractivity contribution in [2.24, 2.45) is 0 Å². The molecule has 0 saturated carbocycles. The molecule has 0 radical (unpaired) electrons. The van der Waals surface area contributed by atoms with Crippen molar-refractivity contribution < 1.29 is 0 Å². The van der Waals surface area contributed by atoms with Crippen molar-refractivity contribution in [2.45, 2.75) is 55.9 Å². The van der Waals surface area contributed by atoms with Crippen LogP contribution in [-0.4, -0.2) is 32.8 Å². The normalized spacial score (nSPS) is 30.1. The number of aromatic nitrogens is 2. The SMILES string of the molecule is CCc1nc(C2CSC(C)C(C)S2)nc2c1CNCC2. The molecule has 3 atom stereocenters. The van der Waals surface area contributed by atoms with Crippen LogP contribution in [0.3, 0.4) is 0 Å². The first-order chi connectivity index (χ1) is 9.69. The summed E-state index contributed by atoms with van der Waals surface area (Å²) in [6.07, 6.45) is 2.06. The molecule has 0 aromatic carbocycles. The lowest BCUT2D eigenvalue weighted by atomic mass is 10.0. The highest BCUT2D eigenvalue weighted by atomic mass is 32.2. The van der Waals surface area contributed by atoms with Gasteiger partial charge in [-0.2, -0.15) is 11.8 Å². The Morgan fingerprint density at radius 1 is 1.25 bits per heavy atom. The lowest BCUT2D eigenvalue weighted by molar-refractivity contribution is 0.610. The van der Waals surface area contributed by atoms with E-state index in [9.17, 15) is 0 Å². The molecule has 0 spiro atoms. The van der Waals surface area contributed by atoms with E-state index in [4.69, 9.17) is 9.97 Å². The van der Waals surface area contributed by atoms with Crippen molar-refractivity contribution in [3.05, 3.63) is 22.8 Å². The number of rotatable bonds is 2. The summed E-state index contributed by atoms with van der Waals surface area (Å²) < 4.78 is 0. The molecular weight excluding hydrogens is 286 g/mol. The van der Waals surface area contributed by atoms with Gasteiger partial charge in [-0.25, -0.2) is 9.97 Å². The molecule has 20 heavy (non-hydrogen) atoms. The third-order valence-electron chi connectivity index (χ3n) is 4.21. The van der Waals surface area contributed by atoms with Crippen molar-refractivity contribution in [1.82, 2.24) is 15.3 Å². The van der Waals surface area contributed by atoms with Gasteiger partial charge < -0.3 is 5.32 Å². The summed E-state index contributed by atoms with van der Waals surface area (Å²) in [5, 5.41) is 5.33. The Labute approximate surface area is 130 Å². The van der Waals surface area contributed by atoms with Gasteiger partial charge in [-0.1, -0.05) is 20.8 Å². The summed E-state index contributed by atoms with van der Waals surface area (Å²) in [4.78, 5) is 9.82. The predicted octanol–water partition coefficient (Wildman–Crippen LogP) is 2.98. The lowest BCUT2D eigenvalue weighted by Gasteiger charge is -2.31. The Hall–Kier alpha value is -0.260. The highest BCUT2D eigenvalue weighted by Crippen LogP contribution is 2.43. The molecule has 1 aromatic heterocycles. The summed E-state index contributed by atoms with van der Waals surface area (Å²) in [7, 11) is 0. The Morgan fingerprint density at radius 3 is 2.85 bits per heavy atom. The van der Waals surface area contributed by atoms with Gasteiger partial charge in [0.25, 0.3) is 0 Å². The highest BCUT2D eigenvalue weighted by molar-refractivity contribution is 8.07. The predicted molar refractivity (Wildman–Crippen MR) is 88.5 cm³/mol. The fraction of sp³-hybridized carbons (Fsp3) is 0.733. The molecule has 2 aliphatic heterocycles. The molecule has 3 heterocycles. The number of thioether (sulfide) groups is 2. The first kappa shape index (κ1) is 14.7. The molecule has 2 aliphatic rings. The van der Waals surface area contributed by atoms with Crippen LogP contribution in [0.5, 0.6) is 0 Å². The number of fused-ring (bicyclic) bond motifs is 1. The summed E-state index contributed by atoms with van der Waals surface area (Å²) in [6.45, 7) is 8.85. The maximum Gasteiger partial charge on any atom is 0.142 e. The van der Waals surface area contributed by atoms with Crippen LogP contribution in [0.15, 0.2) is 0 Å². The van der Waals surface area contributed by atoms with Gasteiger partial charge in [0.1, 0.15) is 5.82 Å². The first-order valence-corrected chi connectivity index (χ1v) is 9.54. The summed E-state index contributed by atoms with van der Waals surface area (Å²) >= 11 is 4.12. The Morgan fingerprint density at radius 2 is 2.10 bits per heavy atom. The van der Waals surface area contributed by atoms with Gasteiger partial charge in [0.2, 0.25) is 0 Å². The lowest BCUT2D eigenvalue weighted by Crippen LogP contribution is -2.28. The van der Waals surface area contributed by atoms with Gasteiger partial charge in [-0.05, 0) is 6.42 Å². The smallest absolute Gasteiger partial charge is 0.142 e. The van der Waals surface area contributed by atoms with E-state index >= 15 is 0 Å². The van der Waals surface area contributed by atoms with Crippen LogP contribution in [0.25, 0.3) is 0 Å². The van der Waals surface area contributed by atoms with Crippen molar-refractivity contribution in [2.75, 3.05) is 12.3 Å². The van der Waals surface area contributed by atoms with Crippen molar-refractivity contribution in [3.63, 3.8) is 0 Å². The fourth-order valence-electron chi connectivity index (χ4n) is 2.79. The molecule has 0 bridgehead atoms. The second-order valence-electron chi connectivity index (χ2n) is 5.60. The highest BCUT2D eigenvalue weighted by Gasteiger charge is 2.29. The minimum Gasteiger partial charge on any atom is -0.312 e. The largest absolute Gasteiger partial charge is 0.312 e. The van der Waals surface area contributed by atoms with Gasteiger partial charge >= 0.3 is 0 Å². The Kier molecular flexibility index (Phi) is 4.58. The van der Waals surface area contributed by atoms with Crippen molar-refractivity contribution >= 4 is 23.5 Å². The molecule has 0 amide bonds. The second kappa shape index (κ2) is 6.24. The Balaban J connectivity index is 1.90. The molecule has 5 heteroatoms. The zero-order valence-electron chi connectivity index (χ0n) is 12.5. The van der Waals surface area contributed by atoms with E-state index in [-0.39, 0.29) is 0 Å². The van der Waals surface area contributed by atoms with Gasteiger partial charge in [-0.15, -0.1) is 11.8 Å². The van der Waals surface area contributed by atoms with Crippen LogP contribution >= 0.6 is 23.5 Å². The van der Waals surface area contributed by atoms with Crippen LogP contribution in [0, 0.1) is 0 Å². The molecule has 1 saturated heterocycles. The maximum atomic E-state index is 4.92. The molecule has 3 rings (SSSR count). The fourth-order valence-corrected chi connectivity index (χ4v) is 5.63. The molecule has 110 valence electrons. The van der Waals surface area contributed by atoms with Crippen molar-refractivity contribution in [1.29, 1.82) is 0 Å². The number of aryl methyl sites for hydroxylation is 1. The molecule has 1 aromatic rings. The molecule has 3 unspecified atom stereocenters. The third kappa shape index (κ3) is 2.85. The van der Waals surface area contributed by atoms with Gasteiger partial charge in [0, 0.05) is 47.0 Å². The standard InChI is InChI=1S/C15H23N3S2/c1-4-12-11-7-16-6-5-13(11)18-15(17-12)14-8-19-9(2)10(3)20-14/h9-10,14,16H,4-8H2,1-3H3. The molecule has 1 N–H and O–H groups in total. The monoisotopic (exact) mass is 309 g/mol. The Bertz CT molecular complexity index is 475. The van der Waals surface area contributed by atoms with E-state index in [1.807, 2.05) is 0 Å². The van der Waals surface area contributed by atoms with Crippen molar-refractivity contribution in [3.8, 4) is 0 Å². The number of nitrogens with one attached hydrogen (secondary N) is 1. The third-order valence-corrected chi connectivity index (χ3v) is 7.60. The van der Waals surface area contributed by atoms with E-state index in [1.165, 1.54) is 17.0 Å². The van der Waals surface area contributed by atoms with Gasteiger partial charge in [-0.3, -0.25) is 0 Å². The van der Waals surface area contributed by atoms with E-state index in [0.29, 0.717) is 10.5 Å². The van der Waals surface area contributed by atoms with Gasteiger partial charge in [0.15, 0.2) is 0 Å². The average Bonchev–Trinajstić information content (AvgIpc) is 2.49. The number of hydrogen-bond donors (Lipinski definition) is 1. The van der Waals surface area contributed by atoms with E-state index in [2.05, 4.69) is 49.6 Å². The molecule has 3 nitrogen and oxygen atoms in total. The van der Waals surface area contributed by atoms with Crippen LogP contribution in [0.1, 0.15) is 48.8 Å². The summed E-state index contributed by atoms with van der Waals surface area (Å²) in [5.41, 5.74) is 3.91. The minimum absolute atomic E-state index is 0.469. The van der Waals surface area contributed by atoms with Crippen LogP contribution in [0.4, 0.5) is 0 Å². The second-order valence-corrected chi connectivity index (χ2v) is 8.60. The average molecular weight is 310 g/mol. The summed E-state index contributed by atoms with van der Waals surface area (Å²) in [5.74, 6) is 2.23.